The standard InChI is InChI=1S/C21H21N3O3S/c1-4-28(26,27)20-12-11-19(23-24-20)16-7-9-18(10-8-16)22-21(25)17-6-5-14(2)15(3)13-17/h5-13H,4H2,1-3H3,(H,22,25). The van der Waals surface area contributed by atoms with E-state index in [1.165, 1.54) is 6.07 Å². The Hall–Kier alpha value is -3.06. The lowest BCUT2D eigenvalue weighted by Gasteiger charge is -2.08. The fourth-order valence-electron chi connectivity index (χ4n) is 2.60. The highest BCUT2D eigenvalue weighted by atomic mass is 32.2. The van der Waals surface area contributed by atoms with Gasteiger partial charge in [0.25, 0.3) is 5.91 Å². The number of anilines is 1. The molecule has 0 fully saturated rings. The van der Waals surface area contributed by atoms with Crippen LogP contribution >= 0.6 is 0 Å². The smallest absolute Gasteiger partial charge is 0.255 e. The zero-order chi connectivity index (χ0) is 20.3. The summed E-state index contributed by atoms with van der Waals surface area (Å²) in [6, 6.07) is 15.8. The van der Waals surface area contributed by atoms with Gasteiger partial charge in [-0.3, -0.25) is 4.79 Å². The van der Waals surface area contributed by atoms with Crippen LogP contribution in [0, 0.1) is 13.8 Å². The van der Waals surface area contributed by atoms with Gasteiger partial charge in [-0.2, -0.15) is 0 Å². The van der Waals surface area contributed by atoms with Crippen LogP contribution < -0.4 is 5.32 Å². The van der Waals surface area contributed by atoms with Gasteiger partial charge in [0.15, 0.2) is 14.9 Å². The molecule has 0 unspecified atom stereocenters. The van der Waals surface area contributed by atoms with Crippen molar-refractivity contribution < 1.29 is 13.2 Å². The number of rotatable bonds is 5. The highest BCUT2D eigenvalue weighted by Crippen LogP contribution is 2.21. The van der Waals surface area contributed by atoms with Gasteiger partial charge in [-0.15, -0.1) is 10.2 Å². The molecule has 3 aromatic rings. The number of benzene rings is 2. The zero-order valence-corrected chi connectivity index (χ0v) is 16.7. The number of aryl methyl sites for hydroxylation is 2. The van der Waals surface area contributed by atoms with Crippen LogP contribution in [0.5, 0.6) is 0 Å². The molecule has 0 aliphatic carbocycles. The number of carbonyl (C=O) groups excluding carboxylic acids is 1. The van der Waals surface area contributed by atoms with Gasteiger partial charge in [0.2, 0.25) is 0 Å². The summed E-state index contributed by atoms with van der Waals surface area (Å²) in [5.74, 6) is -0.194. The van der Waals surface area contributed by atoms with Crippen molar-refractivity contribution in [1.82, 2.24) is 10.2 Å². The highest BCUT2D eigenvalue weighted by Gasteiger charge is 2.14. The van der Waals surface area contributed by atoms with E-state index in [1.807, 2.05) is 26.0 Å². The Bertz CT molecular complexity index is 1110. The number of amides is 1. The molecule has 144 valence electrons. The van der Waals surface area contributed by atoms with E-state index in [2.05, 4.69) is 15.5 Å². The molecule has 0 aliphatic heterocycles. The van der Waals surface area contributed by atoms with Crippen molar-refractivity contribution in [3.8, 4) is 11.3 Å². The Labute approximate surface area is 164 Å². The largest absolute Gasteiger partial charge is 0.322 e. The fourth-order valence-corrected chi connectivity index (χ4v) is 3.33. The van der Waals surface area contributed by atoms with Gasteiger partial charge in [-0.25, -0.2) is 8.42 Å². The molecule has 7 heteroatoms. The summed E-state index contributed by atoms with van der Waals surface area (Å²) in [5, 5.41) is 10.7. The van der Waals surface area contributed by atoms with Crippen LogP contribution in [0.25, 0.3) is 11.3 Å². The van der Waals surface area contributed by atoms with E-state index in [4.69, 9.17) is 0 Å². The molecule has 0 aliphatic rings. The maximum absolute atomic E-state index is 12.4. The summed E-state index contributed by atoms with van der Waals surface area (Å²) in [7, 11) is -3.37. The molecule has 28 heavy (non-hydrogen) atoms. The maximum atomic E-state index is 12.4. The molecular formula is C21H21N3O3S. The molecule has 2 aromatic carbocycles. The average Bonchev–Trinajstić information content (AvgIpc) is 2.70. The summed E-state index contributed by atoms with van der Waals surface area (Å²) < 4.78 is 23.6. The molecule has 1 aromatic heterocycles. The van der Waals surface area contributed by atoms with Crippen molar-refractivity contribution in [3.05, 3.63) is 71.3 Å². The van der Waals surface area contributed by atoms with Crippen molar-refractivity contribution in [1.29, 1.82) is 0 Å². The Balaban J connectivity index is 1.74. The van der Waals surface area contributed by atoms with Gasteiger partial charge < -0.3 is 5.32 Å². The lowest BCUT2D eigenvalue weighted by molar-refractivity contribution is 0.102. The minimum atomic E-state index is -3.37. The molecule has 0 radical (unpaired) electrons. The number of nitrogens with zero attached hydrogens (tertiary/aromatic N) is 2. The third kappa shape index (κ3) is 4.26. The first kappa shape index (κ1) is 19.7. The molecular weight excluding hydrogens is 374 g/mol. The van der Waals surface area contributed by atoms with Crippen LogP contribution in [0.15, 0.2) is 59.6 Å². The lowest BCUT2D eigenvalue weighted by Crippen LogP contribution is -2.12. The van der Waals surface area contributed by atoms with Crippen molar-refractivity contribution >= 4 is 21.4 Å². The van der Waals surface area contributed by atoms with E-state index in [-0.39, 0.29) is 16.7 Å². The van der Waals surface area contributed by atoms with E-state index in [9.17, 15) is 13.2 Å². The SMILES string of the molecule is CCS(=O)(=O)c1ccc(-c2ccc(NC(=O)c3ccc(C)c(C)c3)cc2)nn1. The molecule has 3 rings (SSSR count). The molecule has 0 atom stereocenters. The Morgan fingerprint density at radius 1 is 0.929 bits per heavy atom. The van der Waals surface area contributed by atoms with Crippen molar-refractivity contribution in [2.75, 3.05) is 11.1 Å². The Kier molecular flexibility index (Phi) is 5.56. The van der Waals surface area contributed by atoms with Gasteiger partial charge in [-0.05, 0) is 61.4 Å². The van der Waals surface area contributed by atoms with E-state index in [0.717, 1.165) is 16.7 Å². The first-order valence-corrected chi connectivity index (χ1v) is 10.5. The Morgan fingerprint density at radius 2 is 1.64 bits per heavy atom. The van der Waals surface area contributed by atoms with Gasteiger partial charge in [0.1, 0.15) is 0 Å². The Morgan fingerprint density at radius 3 is 2.21 bits per heavy atom. The molecule has 0 saturated carbocycles. The van der Waals surface area contributed by atoms with Gasteiger partial charge in [-0.1, -0.05) is 25.1 Å². The second kappa shape index (κ2) is 7.90. The number of carbonyl (C=O) groups is 1. The van der Waals surface area contributed by atoms with Crippen LogP contribution in [-0.2, 0) is 9.84 Å². The van der Waals surface area contributed by atoms with Crippen molar-refractivity contribution in [2.24, 2.45) is 0 Å². The quantitative estimate of drug-likeness (QED) is 0.710. The number of hydrogen-bond donors (Lipinski definition) is 1. The number of nitrogens with one attached hydrogen (secondary N) is 1. The minimum absolute atomic E-state index is 0.0179. The summed E-state index contributed by atoms with van der Waals surface area (Å²) in [6.45, 7) is 5.54. The molecule has 1 N–H and O–H groups in total. The second-order valence-electron chi connectivity index (χ2n) is 6.49. The molecule has 0 spiro atoms. The lowest BCUT2D eigenvalue weighted by atomic mass is 10.1. The average molecular weight is 395 g/mol. The monoisotopic (exact) mass is 395 g/mol. The van der Waals surface area contributed by atoms with Crippen LogP contribution in [0.3, 0.4) is 0 Å². The minimum Gasteiger partial charge on any atom is -0.322 e. The van der Waals surface area contributed by atoms with Crippen molar-refractivity contribution in [2.45, 2.75) is 25.8 Å². The number of hydrogen-bond acceptors (Lipinski definition) is 5. The van der Waals surface area contributed by atoms with Crippen LogP contribution in [-0.4, -0.2) is 30.3 Å². The van der Waals surface area contributed by atoms with Gasteiger partial charge >= 0.3 is 0 Å². The fraction of sp³-hybridized carbons (Fsp3) is 0.190. The second-order valence-corrected chi connectivity index (χ2v) is 8.72. The summed E-state index contributed by atoms with van der Waals surface area (Å²) in [5.41, 5.74) is 4.80. The first-order chi connectivity index (χ1) is 13.3. The van der Waals surface area contributed by atoms with E-state index < -0.39 is 9.84 Å². The first-order valence-electron chi connectivity index (χ1n) is 8.85. The maximum Gasteiger partial charge on any atom is 0.255 e. The molecule has 1 amide bonds. The molecule has 0 bridgehead atoms. The van der Waals surface area contributed by atoms with E-state index in [0.29, 0.717) is 16.9 Å². The number of aromatic nitrogens is 2. The van der Waals surface area contributed by atoms with Crippen LogP contribution in [0.4, 0.5) is 5.69 Å². The zero-order valence-electron chi connectivity index (χ0n) is 15.9. The predicted octanol–water partition coefficient (Wildman–Crippen LogP) is 3.81. The highest BCUT2D eigenvalue weighted by molar-refractivity contribution is 7.91. The topological polar surface area (TPSA) is 89.0 Å². The molecule has 1 heterocycles. The van der Waals surface area contributed by atoms with Crippen molar-refractivity contribution in [3.63, 3.8) is 0 Å². The third-order valence-electron chi connectivity index (χ3n) is 4.55. The predicted molar refractivity (Wildman–Crippen MR) is 109 cm³/mol. The third-order valence-corrected chi connectivity index (χ3v) is 6.16. The van der Waals surface area contributed by atoms with Crippen LogP contribution in [0.1, 0.15) is 28.4 Å². The summed E-state index contributed by atoms with van der Waals surface area (Å²) >= 11 is 0. The summed E-state index contributed by atoms with van der Waals surface area (Å²) in [4.78, 5) is 12.4. The van der Waals surface area contributed by atoms with Gasteiger partial charge in [0.05, 0.1) is 11.4 Å². The normalized spacial score (nSPS) is 11.2. The van der Waals surface area contributed by atoms with Gasteiger partial charge in [0, 0.05) is 16.8 Å². The molecule has 6 nitrogen and oxygen atoms in total. The van der Waals surface area contributed by atoms with Crippen LogP contribution in [0.2, 0.25) is 0 Å². The summed E-state index contributed by atoms with van der Waals surface area (Å²) in [6.07, 6.45) is 0. The number of sulfone groups is 1. The van der Waals surface area contributed by atoms with E-state index >= 15 is 0 Å². The van der Waals surface area contributed by atoms with E-state index in [1.54, 1.807) is 43.3 Å². The molecule has 0 saturated heterocycles.